The molecule has 1 fully saturated rings. The minimum absolute atomic E-state index is 0.0983. The van der Waals surface area contributed by atoms with E-state index in [0.29, 0.717) is 31.1 Å². The molecule has 0 radical (unpaired) electrons. The van der Waals surface area contributed by atoms with Crippen molar-refractivity contribution >= 4 is 23.2 Å². The molecule has 1 aliphatic rings. The summed E-state index contributed by atoms with van der Waals surface area (Å²) in [5, 5.41) is 2.89. The van der Waals surface area contributed by atoms with Crippen LogP contribution in [0.2, 0.25) is 5.02 Å². The van der Waals surface area contributed by atoms with E-state index >= 15 is 0 Å². The molecule has 0 aromatic heterocycles. The molecule has 0 saturated carbocycles. The van der Waals surface area contributed by atoms with Gasteiger partial charge in [-0.05, 0) is 31.0 Å². The van der Waals surface area contributed by atoms with E-state index in [9.17, 15) is 9.18 Å². The summed E-state index contributed by atoms with van der Waals surface area (Å²) < 4.78 is 18.6. The molecule has 1 heterocycles. The lowest BCUT2D eigenvalue weighted by Crippen LogP contribution is -2.28. The second-order valence-electron chi connectivity index (χ2n) is 4.00. The van der Waals surface area contributed by atoms with Crippen LogP contribution in [-0.2, 0) is 9.53 Å². The Balaban J connectivity index is 2.02. The fraction of sp³-hybridized carbons (Fsp3) is 0.417. The molecular formula is C12H13ClFNO2. The van der Waals surface area contributed by atoms with Gasteiger partial charge in [-0.1, -0.05) is 11.6 Å². The van der Waals surface area contributed by atoms with Gasteiger partial charge in [-0.25, -0.2) is 4.39 Å². The number of rotatable bonds is 2. The van der Waals surface area contributed by atoms with Crippen molar-refractivity contribution in [2.75, 3.05) is 18.5 Å². The van der Waals surface area contributed by atoms with Crippen molar-refractivity contribution in [3.05, 3.63) is 29.0 Å². The molecule has 5 heteroatoms. The largest absolute Gasteiger partial charge is 0.381 e. The lowest BCUT2D eigenvalue weighted by Gasteiger charge is -2.21. The van der Waals surface area contributed by atoms with Crippen LogP contribution in [0, 0.1) is 11.7 Å². The molecule has 0 spiro atoms. The molecule has 1 aromatic carbocycles. The van der Waals surface area contributed by atoms with Gasteiger partial charge in [0.2, 0.25) is 5.91 Å². The summed E-state index contributed by atoms with van der Waals surface area (Å²) in [6.07, 6.45) is 1.36. The van der Waals surface area contributed by atoms with Gasteiger partial charge in [-0.3, -0.25) is 4.79 Å². The number of anilines is 1. The molecule has 0 atom stereocenters. The van der Waals surface area contributed by atoms with E-state index in [1.54, 1.807) is 6.07 Å². The molecule has 1 aliphatic heterocycles. The molecule has 0 unspecified atom stereocenters. The van der Waals surface area contributed by atoms with E-state index in [2.05, 4.69) is 5.32 Å². The highest BCUT2D eigenvalue weighted by atomic mass is 35.5. The first-order chi connectivity index (χ1) is 8.16. The lowest BCUT2D eigenvalue weighted by atomic mass is 9.99. The molecule has 1 aromatic rings. The SMILES string of the molecule is O=C(Nc1ccc(Cl)cc1F)C1CCOCC1. The summed E-state index contributed by atoms with van der Waals surface area (Å²) in [5.74, 6) is -0.772. The molecular weight excluding hydrogens is 245 g/mol. The van der Waals surface area contributed by atoms with Crippen molar-refractivity contribution in [2.24, 2.45) is 5.92 Å². The number of amides is 1. The third-order valence-corrected chi connectivity index (χ3v) is 3.02. The van der Waals surface area contributed by atoms with Crippen molar-refractivity contribution in [3.63, 3.8) is 0 Å². The molecule has 1 N–H and O–H groups in total. The number of halogens is 2. The van der Waals surface area contributed by atoms with E-state index in [-0.39, 0.29) is 17.5 Å². The van der Waals surface area contributed by atoms with Crippen molar-refractivity contribution in [1.82, 2.24) is 0 Å². The summed E-state index contributed by atoms with van der Waals surface area (Å²) in [6, 6.07) is 4.19. The summed E-state index contributed by atoms with van der Waals surface area (Å²) in [6.45, 7) is 1.17. The van der Waals surface area contributed by atoms with Crippen LogP contribution in [0.25, 0.3) is 0 Å². The predicted octanol–water partition coefficient (Wildman–Crippen LogP) is 2.84. The first-order valence-corrected chi connectivity index (χ1v) is 5.88. The standard InChI is InChI=1S/C12H13ClFNO2/c13-9-1-2-11(10(14)7-9)15-12(16)8-3-5-17-6-4-8/h1-2,7-8H,3-6H2,(H,15,16). The van der Waals surface area contributed by atoms with Crippen LogP contribution in [0.4, 0.5) is 10.1 Å². The topological polar surface area (TPSA) is 38.3 Å². The van der Waals surface area contributed by atoms with Crippen molar-refractivity contribution < 1.29 is 13.9 Å². The third kappa shape index (κ3) is 3.17. The van der Waals surface area contributed by atoms with Crippen LogP contribution in [-0.4, -0.2) is 19.1 Å². The number of carbonyl (C=O) groups excluding carboxylic acids is 1. The van der Waals surface area contributed by atoms with Gasteiger partial charge in [0.25, 0.3) is 0 Å². The number of nitrogens with one attached hydrogen (secondary N) is 1. The van der Waals surface area contributed by atoms with Crippen LogP contribution < -0.4 is 5.32 Å². The van der Waals surface area contributed by atoms with E-state index < -0.39 is 5.82 Å². The smallest absolute Gasteiger partial charge is 0.227 e. The van der Waals surface area contributed by atoms with Crippen LogP contribution in [0.5, 0.6) is 0 Å². The first kappa shape index (κ1) is 12.3. The van der Waals surface area contributed by atoms with Gasteiger partial charge in [0.05, 0.1) is 5.69 Å². The monoisotopic (exact) mass is 257 g/mol. The number of benzene rings is 1. The quantitative estimate of drug-likeness (QED) is 0.885. The first-order valence-electron chi connectivity index (χ1n) is 5.50. The Bertz CT molecular complexity index is 419. The molecule has 1 saturated heterocycles. The van der Waals surface area contributed by atoms with E-state index in [4.69, 9.17) is 16.3 Å². The average molecular weight is 258 g/mol. The maximum absolute atomic E-state index is 13.5. The molecule has 92 valence electrons. The zero-order valence-corrected chi connectivity index (χ0v) is 9.97. The van der Waals surface area contributed by atoms with Crippen LogP contribution in [0.15, 0.2) is 18.2 Å². The van der Waals surface area contributed by atoms with Crippen LogP contribution in [0.1, 0.15) is 12.8 Å². The van der Waals surface area contributed by atoms with Crippen molar-refractivity contribution in [3.8, 4) is 0 Å². The molecule has 1 amide bonds. The Hall–Kier alpha value is -1.13. The number of carbonyl (C=O) groups is 1. The minimum Gasteiger partial charge on any atom is -0.381 e. The average Bonchev–Trinajstić information content (AvgIpc) is 2.34. The number of ether oxygens (including phenoxy) is 1. The Morgan fingerprint density at radius 1 is 1.41 bits per heavy atom. The molecule has 0 aliphatic carbocycles. The van der Waals surface area contributed by atoms with Crippen LogP contribution in [0.3, 0.4) is 0 Å². The highest BCUT2D eigenvalue weighted by Gasteiger charge is 2.22. The van der Waals surface area contributed by atoms with Gasteiger partial charge < -0.3 is 10.1 Å². The van der Waals surface area contributed by atoms with Crippen LogP contribution >= 0.6 is 11.6 Å². The second kappa shape index (κ2) is 5.47. The predicted molar refractivity (Wildman–Crippen MR) is 63.6 cm³/mol. The minimum atomic E-state index is -0.516. The van der Waals surface area contributed by atoms with E-state index in [0.717, 1.165) is 0 Å². The lowest BCUT2D eigenvalue weighted by molar-refractivity contribution is -0.122. The summed E-state index contributed by atoms with van der Waals surface area (Å²) in [7, 11) is 0. The zero-order chi connectivity index (χ0) is 12.3. The molecule has 3 nitrogen and oxygen atoms in total. The van der Waals surface area contributed by atoms with Crippen molar-refractivity contribution in [2.45, 2.75) is 12.8 Å². The fourth-order valence-electron chi connectivity index (χ4n) is 1.79. The normalized spacial score (nSPS) is 16.8. The number of hydrogen-bond acceptors (Lipinski definition) is 2. The van der Waals surface area contributed by atoms with E-state index in [1.165, 1.54) is 12.1 Å². The van der Waals surface area contributed by atoms with Gasteiger partial charge in [-0.2, -0.15) is 0 Å². The maximum Gasteiger partial charge on any atom is 0.227 e. The Kier molecular flexibility index (Phi) is 3.97. The van der Waals surface area contributed by atoms with Crippen molar-refractivity contribution in [1.29, 1.82) is 0 Å². The summed E-state index contributed by atoms with van der Waals surface area (Å²) in [4.78, 5) is 11.8. The Morgan fingerprint density at radius 2 is 2.12 bits per heavy atom. The summed E-state index contributed by atoms with van der Waals surface area (Å²) >= 11 is 5.63. The van der Waals surface area contributed by atoms with Gasteiger partial charge in [0, 0.05) is 24.2 Å². The Morgan fingerprint density at radius 3 is 2.76 bits per heavy atom. The maximum atomic E-state index is 13.5. The summed E-state index contributed by atoms with van der Waals surface area (Å²) in [5.41, 5.74) is 0.172. The van der Waals surface area contributed by atoms with Gasteiger partial charge in [0.1, 0.15) is 5.82 Å². The van der Waals surface area contributed by atoms with Gasteiger partial charge in [-0.15, -0.1) is 0 Å². The molecule has 2 rings (SSSR count). The van der Waals surface area contributed by atoms with Gasteiger partial charge in [0.15, 0.2) is 0 Å². The molecule has 17 heavy (non-hydrogen) atoms. The molecule has 0 bridgehead atoms. The number of hydrogen-bond donors (Lipinski definition) is 1. The highest BCUT2D eigenvalue weighted by Crippen LogP contribution is 2.21. The van der Waals surface area contributed by atoms with Gasteiger partial charge >= 0.3 is 0 Å². The highest BCUT2D eigenvalue weighted by molar-refractivity contribution is 6.30. The zero-order valence-electron chi connectivity index (χ0n) is 9.21. The third-order valence-electron chi connectivity index (χ3n) is 2.78. The fourth-order valence-corrected chi connectivity index (χ4v) is 1.94. The van der Waals surface area contributed by atoms with E-state index in [1.807, 2.05) is 0 Å². The second-order valence-corrected chi connectivity index (χ2v) is 4.44. The Labute approximate surface area is 104 Å².